The number of carbonyl (C=O) groups is 1. The van der Waals surface area contributed by atoms with E-state index in [0.29, 0.717) is 61.8 Å². The van der Waals surface area contributed by atoms with E-state index in [0.717, 1.165) is 25.0 Å². The molecule has 7 nitrogen and oxygen atoms in total. The van der Waals surface area contributed by atoms with Gasteiger partial charge in [-0.25, -0.2) is 0 Å². The number of alkyl halides is 3. The highest BCUT2D eigenvalue weighted by Gasteiger charge is 2.33. The highest BCUT2D eigenvalue weighted by Crippen LogP contribution is 2.35. The summed E-state index contributed by atoms with van der Waals surface area (Å²) in [6, 6.07) is 5.94. The lowest BCUT2D eigenvalue weighted by Gasteiger charge is -2.38. The molecule has 0 radical (unpaired) electrons. The molecule has 2 aliphatic rings. The summed E-state index contributed by atoms with van der Waals surface area (Å²) >= 11 is 0. The zero-order valence-electron chi connectivity index (χ0n) is 23.4. The Morgan fingerprint density at radius 3 is 2.42 bits per heavy atom. The minimum atomic E-state index is -4.41. The lowest BCUT2D eigenvalue weighted by atomic mass is 9.75. The molecule has 10 heteroatoms. The molecule has 1 aromatic carbocycles. The first kappa shape index (κ1) is 30.1. The smallest absolute Gasteiger partial charge is 0.416 e. The zero-order chi connectivity index (χ0) is 28.9. The average Bonchev–Trinajstić information content (AvgIpc) is 2.91. The number of ether oxygens (including phenoxy) is 2. The van der Waals surface area contributed by atoms with Gasteiger partial charge >= 0.3 is 6.18 Å². The number of piperazine rings is 1. The maximum Gasteiger partial charge on any atom is 0.416 e. The molecule has 0 N–H and O–H groups in total. The van der Waals surface area contributed by atoms with Crippen LogP contribution >= 0.6 is 0 Å². The first-order valence-corrected chi connectivity index (χ1v) is 14.0. The molecule has 4 rings (SSSR count). The van der Waals surface area contributed by atoms with Crippen molar-refractivity contribution in [1.29, 1.82) is 0 Å². The van der Waals surface area contributed by atoms with Crippen molar-refractivity contribution >= 4 is 5.91 Å². The number of carbonyl (C=O) groups excluding carboxylic acids is 1. The number of hydrogen-bond acceptors (Lipinski definition) is 6. The quantitative estimate of drug-likeness (QED) is 0.409. The van der Waals surface area contributed by atoms with E-state index in [2.05, 4.69) is 25.7 Å². The highest BCUT2D eigenvalue weighted by atomic mass is 19.4. The van der Waals surface area contributed by atoms with E-state index in [-0.39, 0.29) is 36.4 Å². The lowest BCUT2D eigenvalue weighted by molar-refractivity contribution is -0.143. The normalized spacial score (nSPS) is 22.5. The minimum Gasteiger partial charge on any atom is -0.482 e. The monoisotopic (exact) mass is 564 g/mol. The van der Waals surface area contributed by atoms with Crippen molar-refractivity contribution < 1.29 is 31.9 Å². The van der Waals surface area contributed by atoms with Gasteiger partial charge in [-0.1, -0.05) is 39.3 Å². The van der Waals surface area contributed by atoms with Crippen LogP contribution in [0.4, 0.5) is 13.2 Å². The van der Waals surface area contributed by atoms with Gasteiger partial charge in [0.25, 0.3) is 0 Å². The maximum atomic E-state index is 12.8. The summed E-state index contributed by atoms with van der Waals surface area (Å²) in [5.41, 5.74) is -0.606. The number of halogens is 3. The van der Waals surface area contributed by atoms with Gasteiger partial charge in [-0.3, -0.25) is 14.5 Å². The van der Waals surface area contributed by atoms with Crippen molar-refractivity contribution in [2.24, 2.45) is 17.8 Å². The molecule has 220 valence electrons. The van der Waals surface area contributed by atoms with Gasteiger partial charge in [0.05, 0.1) is 18.2 Å². The third-order valence-electron chi connectivity index (χ3n) is 8.01. The van der Waals surface area contributed by atoms with Crippen LogP contribution in [0.5, 0.6) is 5.75 Å². The van der Waals surface area contributed by atoms with E-state index >= 15 is 0 Å². The average molecular weight is 565 g/mol. The van der Waals surface area contributed by atoms with Gasteiger partial charge < -0.3 is 18.8 Å². The predicted octanol–water partition coefficient (Wildman–Crippen LogP) is 5.36. The molecule has 2 fully saturated rings. The van der Waals surface area contributed by atoms with Crippen LogP contribution < -0.4 is 10.2 Å². The molecule has 1 saturated carbocycles. The van der Waals surface area contributed by atoms with Crippen LogP contribution in [0, 0.1) is 17.8 Å². The van der Waals surface area contributed by atoms with Gasteiger partial charge in [-0.15, -0.1) is 0 Å². The van der Waals surface area contributed by atoms with Crippen molar-refractivity contribution in [2.75, 3.05) is 32.8 Å². The van der Waals surface area contributed by atoms with E-state index in [9.17, 15) is 22.8 Å². The second kappa shape index (κ2) is 13.2. The summed E-state index contributed by atoms with van der Waals surface area (Å²) in [5, 5.41) is 0. The number of amides is 1. The van der Waals surface area contributed by atoms with Gasteiger partial charge in [0.2, 0.25) is 17.1 Å². The molecule has 0 spiro atoms. The fourth-order valence-electron chi connectivity index (χ4n) is 5.53. The van der Waals surface area contributed by atoms with Crippen LogP contribution in [0.15, 0.2) is 45.8 Å². The van der Waals surface area contributed by atoms with Gasteiger partial charge in [0.15, 0.2) is 0 Å². The molecule has 40 heavy (non-hydrogen) atoms. The molecule has 1 aromatic heterocycles. The Kier molecular flexibility index (Phi) is 9.94. The fourth-order valence-corrected chi connectivity index (χ4v) is 5.53. The van der Waals surface area contributed by atoms with Gasteiger partial charge in [0, 0.05) is 32.2 Å². The van der Waals surface area contributed by atoms with Crippen LogP contribution in [-0.4, -0.2) is 54.6 Å². The Labute approximate surface area is 233 Å². The molecule has 1 aliphatic carbocycles. The fraction of sp³-hybridized carbons (Fsp3) is 0.600. The van der Waals surface area contributed by atoms with E-state index in [1.807, 2.05) is 4.90 Å². The largest absolute Gasteiger partial charge is 0.482 e. The van der Waals surface area contributed by atoms with Crippen molar-refractivity contribution in [3.05, 3.63) is 63.7 Å². The Bertz CT molecular complexity index is 1170. The number of hydrogen-bond donors (Lipinski definition) is 0. The number of benzene rings is 1. The Hall–Kier alpha value is -2.85. The number of rotatable bonds is 9. The standard InChI is InChI=1S/C30H39F3N2O5/c1-20(2)25-9-4-21(3)14-27(25)40-19-29(37)35-12-10-34(11-13-35)16-24-15-26(36)28(18-38-24)39-17-22-5-7-23(8-6-22)30(31,32)33/h5-8,15,18,20-21,25,27H,4,9-14,16-17,19H2,1-3H3/t21-,25+,27-/m1/s1. The molecule has 1 saturated heterocycles. The van der Waals surface area contributed by atoms with Crippen molar-refractivity contribution in [3.63, 3.8) is 0 Å². The van der Waals surface area contributed by atoms with E-state index in [1.54, 1.807) is 0 Å². The van der Waals surface area contributed by atoms with Gasteiger partial charge in [-0.2, -0.15) is 13.2 Å². The third-order valence-corrected chi connectivity index (χ3v) is 8.01. The molecule has 0 unspecified atom stereocenters. The zero-order valence-corrected chi connectivity index (χ0v) is 23.4. The van der Waals surface area contributed by atoms with Crippen LogP contribution in [0.3, 0.4) is 0 Å². The van der Waals surface area contributed by atoms with Crippen LogP contribution in [0.25, 0.3) is 0 Å². The lowest BCUT2D eigenvalue weighted by Crippen LogP contribution is -2.49. The van der Waals surface area contributed by atoms with Crippen LogP contribution in [0.1, 0.15) is 56.9 Å². The summed E-state index contributed by atoms with van der Waals surface area (Å²) in [6.07, 6.45) is 0.343. The SMILES string of the molecule is CC(C)[C@@H]1CC[C@@H](C)C[C@H]1OCC(=O)N1CCN(Cc2cc(=O)c(OCc3ccc(C(F)(F)F)cc3)co2)CC1. The van der Waals surface area contributed by atoms with Crippen molar-refractivity contribution in [1.82, 2.24) is 9.80 Å². The summed E-state index contributed by atoms with van der Waals surface area (Å²) in [7, 11) is 0. The Balaban J connectivity index is 1.21. The first-order chi connectivity index (χ1) is 19.0. The van der Waals surface area contributed by atoms with Gasteiger partial charge in [0.1, 0.15) is 25.2 Å². The van der Waals surface area contributed by atoms with Crippen LogP contribution in [0.2, 0.25) is 0 Å². The predicted molar refractivity (Wildman–Crippen MR) is 144 cm³/mol. The second-order valence-electron chi connectivity index (χ2n) is 11.4. The van der Waals surface area contributed by atoms with Crippen molar-refractivity contribution in [2.45, 2.75) is 65.5 Å². The topological polar surface area (TPSA) is 72.2 Å². The third kappa shape index (κ3) is 8.10. The maximum absolute atomic E-state index is 12.8. The van der Waals surface area contributed by atoms with E-state index < -0.39 is 11.7 Å². The van der Waals surface area contributed by atoms with E-state index in [4.69, 9.17) is 13.9 Å². The molecular weight excluding hydrogens is 525 g/mol. The highest BCUT2D eigenvalue weighted by molar-refractivity contribution is 5.77. The Morgan fingerprint density at radius 1 is 1.10 bits per heavy atom. The van der Waals surface area contributed by atoms with Crippen LogP contribution in [-0.2, 0) is 28.9 Å². The molecule has 1 amide bonds. The molecular formula is C30H39F3N2O5. The summed E-state index contributed by atoms with van der Waals surface area (Å²) in [6.45, 7) is 9.64. The molecule has 0 bridgehead atoms. The molecule has 3 atom stereocenters. The summed E-state index contributed by atoms with van der Waals surface area (Å²) in [5.74, 6) is 2.14. The summed E-state index contributed by atoms with van der Waals surface area (Å²) in [4.78, 5) is 29.3. The first-order valence-electron chi connectivity index (χ1n) is 14.0. The van der Waals surface area contributed by atoms with Gasteiger partial charge in [-0.05, 0) is 48.3 Å². The number of nitrogens with zero attached hydrogens (tertiary/aromatic N) is 2. The molecule has 2 heterocycles. The summed E-state index contributed by atoms with van der Waals surface area (Å²) < 4.78 is 55.3. The second-order valence-corrected chi connectivity index (χ2v) is 11.4. The Morgan fingerprint density at radius 2 is 1.80 bits per heavy atom. The van der Waals surface area contributed by atoms with E-state index in [1.165, 1.54) is 30.9 Å². The molecule has 1 aliphatic heterocycles. The minimum absolute atomic E-state index is 0.00821. The molecule has 2 aromatic rings. The van der Waals surface area contributed by atoms with Crippen molar-refractivity contribution in [3.8, 4) is 5.75 Å².